The van der Waals surface area contributed by atoms with Gasteiger partial charge in [0.05, 0.1) is 12.0 Å². The van der Waals surface area contributed by atoms with E-state index in [1.165, 1.54) is 6.92 Å². The van der Waals surface area contributed by atoms with E-state index < -0.39 is 47.4 Å². The van der Waals surface area contributed by atoms with Crippen molar-refractivity contribution in [3.05, 3.63) is 41.5 Å². The van der Waals surface area contributed by atoms with Gasteiger partial charge in [-0.2, -0.15) is 0 Å². The molecule has 1 fully saturated rings. The van der Waals surface area contributed by atoms with Crippen molar-refractivity contribution in [3.63, 3.8) is 0 Å². The standard InChI is InChI=1S/C29H39NO8/c1-17(2)26-29(6,7)38-28(36)30(26)27(35)19(4)25(37-20(5)32)24(34)16-22(23(33)13-8-9-14-31)21-12-10-11-18(3)15-21/h10-12,15-17,19,25-26,31H,8-9,13-14H2,1-7H3. The second-order valence-electron chi connectivity index (χ2n) is 10.6. The smallest absolute Gasteiger partial charge is 0.417 e. The Balaban J connectivity index is 2.48. The van der Waals surface area contributed by atoms with Crippen LogP contribution >= 0.6 is 0 Å². The number of carbonyl (C=O) groups is 5. The van der Waals surface area contributed by atoms with E-state index in [2.05, 4.69) is 0 Å². The minimum atomic E-state index is -1.56. The van der Waals surface area contributed by atoms with Gasteiger partial charge >= 0.3 is 12.1 Å². The highest BCUT2D eigenvalue weighted by Crippen LogP contribution is 2.35. The fraction of sp³-hybridized carbons (Fsp3) is 0.552. The van der Waals surface area contributed by atoms with Gasteiger partial charge in [-0.05, 0) is 58.1 Å². The van der Waals surface area contributed by atoms with Crippen molar-refractivity contribution < 1.29 is 38.6 Å². The summed E-state index contributed by atoms with van der Waals surface area (Å²) in [6.07, 6.45) is -0.311. The van der Waals surface area contributed by atoms with Crippen LogP contribution in [0.3, 0.4) is 0 Å². The Morgan fingerprint density at radius 3 is 2.37 bits per heavy atom. The van der Waals surface area contributed by atoms with Gasteiger partial charge in [0.15, 0.2) is 17.7 Å². The minimum absolute atomic E-state index is 0.0586. The molecule has 0 saturated carbocycles. The zero-order valence-electron chi connectivity index (χ0n) is 23.3. The van der Waals surface area contributed by atoms with Crippen LogP contribution in [-0.4, -0.2) is 63.9 Å². The summed E-state index contributed by atoms with van der Waals surface area (Å²) in [7, 11) is 0. The number of esters is 1. The highest BCUT2D eigenvalue weighted by Gasteiger charge is 2.53. The average molecular weight is 530 g/mol. The third kappa shape index (κ3) is 7.37. The summed E-state index contributed by atoms with van der Waals surface area (Å²) < 4.78 is 10.7. The molecule has 1 aliphatic heterocycles. The first-order valence-electron chi connectivity index (χ1n) is 12.9. The summed E-state index contributed by atoms with van der Waals surface area (Å²) in [4.78, 5) is 65.9. The number of benzene rings is 1. The number of rotatable bonds is 12. The van der Waals surface area contributed by atoms with Crippen LogP contribution in [0.1, 0.15) is 71.9 Å². The van der Waals surface area contributed by atoms with Crippen molar-refractivity contribution in [2.75, 3.05) is 6.61 Å². The molecule has 0 aromatic heterocycles. The van der Waals surface area contributed by atoms with Gasteiger partial charge in [-0.25, -0.2) is 9.69 Å². The highest BCUT2D eigenvalue weighted by molar-refractivity contribution is 6.25. The van der Waals surface area contributed by atoms with E-state index in [-0.39, 0.29) is 30.3 Å². The fourth-order valence-corrected chi connectivity index (χ4v) is 4.92. The van der Waals surface area contributed by atoms with Gasteiger partial charge in [0.2, 0.25) is 5.91 Å². The SMILES string of the molecule is CC(=O)OC(C(=O)C=C(C(=O)CCCCO)c1cccc(C)c1)C(C)C(=O)N1C(=O)OC(C)(C)C1C(C)C. The summed E-state index contributed by atoms with van der Waals surface area (Å²) in [5, 5.41) is 9.08. The van der Waals surface area contributed by atoms with Crippen molar-refractivity contribution in [2.24, 2.45) is 11.8 Å². The Bertz CT molecular complexity index is 1100. The molecule has 9 nitrogen and oxygen atoms in total. The van der Waals surface area contributed by atoms with E-state index in [1.807, 2.05) is 26.8 Å². The van der Waals surface area contributed by atoms with Crippen LogP contribution in [-0.2, 0) is 28.7 Å². The highest BCUT2D eigenvalue weighted by atomic mass is 16.6. The number of carbonyl (C=O) groups excluding carboxylic acids is 5. The molecule has 9 heteroatoms. The molecule has 1 aromatic rings. The van der Waals surface area contributed by atoms with E-state index >= 15 is 0 Å². The third-order valence-corrected chi connectivity index (χ3v) is 6.55. The molecule has 38 heavy (non-hydrogen) atoms. The molecule has 208 valence electrons. The Hall–Kier alpha value is -3.33. The van der Waals surface area contributed by atoms with Crippen LogP contribution in [0.5, 0.6) is 0 Å². The van der Waals surface area contributed by atoms with Crippen molar-refractivity contribution in [3.8, 4) is 0 Å². The summed E-state index contributed by atoms with van der Waals surface area (Å²) in [6, 6.07) is 6.47. The first-order valence-corrected chi connectivity index (χ1v) is 12.9. The number of ketones is 2. The molecule has 2 rings (SSSR count). The van der Waals surface area contributed by atoms with E-state index in [0.29, 0.717) is 18.4 Å². The lowest BCUT2D eigenvalue weighted by molar-refractivity contribution is -0.158. The first-order chi connectivity index (χ1) is 17.7. The summed E-state index contributed by atoms with van der Waals surface area (Å²) in [5.41, 5.74) is 0.563. The number of nitrogens with zero attached hydrogens (tertiary/aromatic N) is 1. The fourth-order valence-electron chi connectivity index (χ4n) is 4.92. The normalized spacial score (nSPS) is 18.7. The predicted octanol–water partition coefficient (Wildman–Crippen LogP) is 4.03. The number of unbranched alkanes of at least 4 members (excludes halogenated alkanes) is 1. The van der Waals surface area contributed by atoms with Crippen molar-refractivity contribution in [1.82, 2.24) is 4.90 Å². The van der Waals surface area contributed by atoms with Gasteiger partial charge in [-0.1, -0.05) is 43.7 Å². The van der Waals surface area contributed by atoms with Crippen molar-refractivity contribution >= 4 is 35.1 Å². The molecule has 1 saturated heterocycles. The molecule has 0 spiro atoms. The Kier molecular flexibility index (Phi) is 10.5. The molecular weight excluding hydrogens is 490 g/mol. The Morgan fingerprint density at radius 2 is 1.82 bits per heavy atom. The van der Waals surface area contributed by atoms with Gasteiger partial charge in [-0.15, -0.1) is 0 Å². The van der Waals surface area contributed by atoms with E-state index in [4.69, 9.17) is 14.6 Å². The second kappa shape index (κ2) is 13.0. The van der Waals surface area contributed by atoms with Crippen LogP contribution in [0.4, 0.5) is 4.79 Å². The quantitative estimate of drug-likeness (QED) is 0.244. The molecule has 0 radical (unpaired) electrons. The van der Waals surface area contributed by atoms with E-state index in [9.17, 15) is 24.0 Å². The molecule has 0 aliphatic carbocycles. The van der Waals surface area contributed by atoms with Crippen LogP contribution < -0.4 is 0 Å². The number of aliphatic hydroxyl groups is 1. The molecule has 1 heterocycles. The van der Waals surface area contributed by atoms with Crippen LogP contribution in [0.15, 0.2) is 30.3 Å². The summed E-state index contributed by atoms with van der Waals surface area (Å²) in [6.45, 7) is 11.4. The van der Waals surface area contributed by atoms with Crippen molar-refractivity contribution in [1.29, 1.82) is 0 Å². The number of aliphatic hydroxyl groups excluding tert-OH is 1. The Morgan fingerprint density at radius 1 is 1.16 bits per heavy atom. The van der Waals surface area contributed by atoms with Crippen LogP contribution in [0.2, 0.25) is 0 Å². The molecule has 1 N–H and O–H groups in total. The number of hydrogen-bond donors (Lipinski definition) is 1. The average Bonchev–Trinajstić information content (AvgIpc) is 3.07. The molecule has 1 aromatic carbocycles. The maximum atomic E-state index is 13.6. The number of imide groups is 1. The monoisotopic (exact) mass is 529 g/mol. The minimum Gasteiger partial charge on any atom is -0.453 e. The second-order valence-corrected chi connectivity index (χ2v) is 10.6. The lowest BCUT2D eigenvalue weighted by Crippen LogP contribution is -2.52. The van der Waals surface area contributed by atoms with Crippen LogP contribution in [0, 0.1) is 18.8 Å². The molecule has 3 atom stereocenters. The number of ether oxygens (including phenoxy) is 2. The third-order valence-electron chi connectivity index (χ3n) is 6.55. The summed E-state index contributed by atoms with van der Waals surface area (Å²) >= 11 is 0. The lowest BCUT2D eigenvalue weighted by Gasteiger charge is -2.33. The number of allylic oxidation sites excluding steroid dienone is 1. The molecule has 1 aliphatic rings. The number of hydrogen-bond acceptors (Lipinski definition) is 8. The van der Waals surface area contributed by atoms with E-state index in [0.717, 1.165) is 23.5 Å². The molecule has 3 unspecified atom stereocenters. The zero-order chi connectivity index (χ0) is 28.8. The lowest BCUT2D eigenvalue weighted by atomic mass is 9.87. The molecule has 2 amide bonds. The number of aryl methyl sites for hydroxylation is 1. The van der Waals surface area contributed by atoms with Crippen LogP contribution in [0.25, 0.3) is 5.57 Å². The first kappa shape index (κ1) is 30.9. The number of Topliss-reactive ketones (excluding diaryl/α,β-unsaturated/α-hetero) is 1. The zero-order valence-corrected chi connectivity index (χ0v) is 23.3. The maximum absolute atomic E-state index is 13.6. The number of cyclic esters (lactones) is 1. The van der Waals surface area contributed by atoms with Gasteiger partial charge in [0.25, 0.3) is 0 Å². The predicted molar refractivity (Wildman–Crippen MR) is 141 cm³/mol. The van der Waals surface area contributed by atoms with Gasteiger partial charge < -0.3 is 14.6 Å². The van der Waals surface area contributed by atoms with E-state index in [1.54, 1.807) is 32.0 Å². The Labute approximate surface area is 224 Å². The maximum Gasteiger partial charge on any atom is 0.417 e. The topological polar surface area (TPSA) is 127 Å². The largest absolute Gasteiger partial charge is 0.453 e. The molecule has 0 bridgehead atoms. The van der Waals surface area contributed by atoms with Gasteiger partial charge in [-0.3, -0.25) is 19.2 Å². The van der Waals surface area contributed by atoms with Gasteiger partial charge in [0, 0.05) is 25.5 Å². The van der Waals surface area contributed by atoms with Gasteiger partial charge in [0.1, 0.15) is 5.60 Å². The number of amides is 2. The summed E-state index contributed by atoms with van der Waals surface area (Å²) in [5.74, 6) is -3.93. The molecular formula is C29H39NO8. The van der Waals surface area contributed by atoms with Crippen molar-refractivity contribution in [2.45, 2.75) is 85.5 Å².